The highest BCUT2D eigenvalue weighted by Gasteiger charge is 2.10. The number of nitrogens with one attached hydrogen (secondary N) is 1. The SMILES string of the molecule is N#C/C(=C\c1ccc(OCc2ccc(C(=O)O)cc2)cc1)C(=O)Nc1ccc(Br)cc1. The summed E-state index contributed by atoms with van der Waals surface area (Å²) in [4.78, 5) is 23.2. The molecule has 0 aliphatic carbocycles. The predicted molar refractivity (Wildman–Crippen MR) is 121 cm³/mol. The van der Waals surface area contributed by atoms with E-state index in [0.717, 1.165) is 10.0 Å². The molecule has 0 heterocycles. The number of rotatable bonds is 7. The minimum atomic E-state index is -0.974. The Kier molecular flexibility index (Phi) is 7.20. The minimum Gasteiger partial charge on any atom is -0.489 e. The largest absolute Gasteiger partial charge is 0.489 e. The average molecular weight is 477 g/mol. The van der Waals surface area contributed by atoms with Gasteiger partial charge in [0.15, 0.2) is 0 Å². The van der Waals surface area contributed by atoms with Crippen LogP contribution in [0, 0.1) is 11.3 Å². The van der Waals surface area contributed by atoms with Crippen molar-refractivity contribution in [1.82, 2.24) is 0 Å². The molecular formula is C24H17BrN2O4. The Morgan fingerprint density at radius 3 is 2.23 bits per heavy atom. The molecule has 0 fully saturated rings. The average Bonchev–Trinajstić information content (AvgIpc) is 2.78. The maximum atomic E-state index is 12.4. The molecule has 2 N–H and O–H groups in total. The summed E-state index contributed by atoms with van der Waals surface area (Å²) < 4.78 is 6.59. The third kappa shape index (κ3) is 6.29. The summed E-state index contributed by atoms with van der Waals surface area (Å²) in [6.45, 7) is 0.286. The number of hydrogen-bond acceptors (Lipinski definition) is 4. The first-order chi connectivity index (χ1) is 14.9. The zero-order valence-electron chi connectivity index (χ0n) is 16.2. The van der Waals surface area contributed by atoms with Crippen LogP contribution in [0.3, 0.4) is 0 Å². The third-order valence-corrected chi connectivity index (χ3v) is 4.79. The number of carbonyl (C=O) groups excluding carboxylic acids is 1. The van der Waals surface area contributed by atoms with Crippen molar-refractivity contribution in [2.45, 2.75) is 6.61 Å². The van der Waals surface area contributed by atoms with Gasteiger partial charge in [0.25, 0.3) is 5.91 Å². The lowest BCUT2D eigenvalue weighted by Crippen LogP contribution is -2.13. The molecule has 154 valence electrons. The van der Waals surface area contributed by atoms with Gasteiger partial charge in [0.1, 0.15) is 24.0 Å². The van der Waals surface area contributed by atoms with Crippen molar-refractivity contribution in [3.05, 3.63) is 99.5 Å². The van der Waals surface area contributed by atoms with Crippen molar-refractivity contribution >= 4 is 39.6 Å². The van der Waals surface area contributed by atoms with E-state index in [4.69, 9.17) is 9.84 Å². The van der Waals surface area contributed by atoms with E-state index in [9.17, 15) is 14.9 Å². The van der Waals surface area contributed by atoms with Crippen LogP contribution in [-0.2, 0) is 11.4 Å². The first-order valence-electron chi connectivity index (χ1n) is 9.18. The second kappa shape index (κ2) is 10.2. The van der Waals surface area contributed by atoms with Gasteiger partial charge in [-0.25, -0.2) is 4.79 Å². The van der Waals surface area contributed by atoms with Gasteiger partial charge in [0.05, 0.1) is 5.56 Å². The van der Waals surface area contributed by atoms with Gasteiger partial charge in [0.2, 0.25) is 0 Å². The van der Waals surface area contributed by atoms with Crippen LogP contribution < -0.4 is 10.1 Å². The Balaban J connectivity index is 1.61. The van der Waals surface area contributed by atoms with Gasteiger partial charge >= 0.3 is 5.97 Å². The fraction of sp³-hybridized carbons (Fsp3) is 0.0417. The van der Waals surface area contributed by atoms with E-state index in [1.165, 1.54) is 18.2 Å². The molecule has 0 unspecified atom stereocenters. The minimum absolute atomic E-state index is 0.0184. The summed E-state index contributed by atoms with van der Waals surface area (Å²) in [6.07, 6.45) is 1.50. The highest BCUT2D eigenvalue weighted by Crippen LogP contribution is 2.18. The van der Waals surface area contributed by atoms with Crippen LogP contribution >= 0.6 is 15.9 Å². The molecular weight excluding hydrogens is 460 g/mol. The molecule has 0 saturated heterocycles. The molecule has 0 aromatic heterocycles. The molecule has 0 radical (unpaired) electrons. The molecule has 0 atom stereocenters. The predicted octanol–water partition coefficient (Wildman–Crippen LogP) is 5.27. The molecule has 0 aliphatic heterocycles. The van der Waals surface area contributed by atoms with E-state index in [1.54, 1.807) is 60.7 Å². The molecule has 0 saturated carbocycles. The zero-order valence-corrected chi connectivity index (χ0v) is 17.8. The molecule has 0 bridgehead atoms. The van der Waals surface area contributed by atoms with Crippen LogP contribution in [0.25, 0.3) is 6.08 Å². The van der Waals surface area contributed by atoms with Crippen molar-refractivity contribution in [3.63, 3.8) is 0 Å². The summed E-state index contributed by atoms with van der Waals surface area (Å²) in [5.41, 5.74) is 2.31. The van der Waals surface area contributed by atoms with Crippen LogP contribution in [0.2, 0.25) is 0 Å². The van der Waals surface area contributed by atoms with Crippen LogP contribution in [-0.4, -0.2) is 17.0 Å². The number of halogens is 1. The number of carbonyl (C=O) groups is 2. The topological polar surface area (TPSA) is 99.4 Å². The standard InChI is InChI=1S/C24H17BrN2O4/c25-20-7-9-21(10-8-20)27-23(28)19(14-26)13-16-3-11-22(12-4-16)31-15-17-1-5-18(6-2-17)24(29)30/h1-13H,15H2,(H,27,28)(H,29,30)/b19-13+. The van der Waals surface area contributed by atoms with Crippen molar-refractivity contribution in [1.29, 1.82) is 5.26 Å². The molecule has 0 aliphatic rings. The molecule has 3 rings (SSSR count). The van der Waals surface area contributed by atoms with Crippen LogP contribution in [0.15, 0.2) is 82.8 Å². The Labute approximate surface area is 187 Å². The fourth-order valence-electron chi connectivity index (χ4n) is 2.62. The maximum Gasteiger partial charge on any atom is 0.335 e. The normalized spacial score (nSPS) is 10.8. The van der Waals surface area contributed by atoms with E-state index >= 15 is 0 Å². The number of nitriles is 1. The Morgan fingerprint density at radius 1 is 1.00 bits per heavy atom. The number of nitrogens with zero attached hydrogens (tertiary/aromatic N) is 1. The molecule has 3 aromatic carbocycles. The van der Waals surface area contributed by atoms with Crippen LogP contribution in [0.1, 0.15) is 21.5 Å². The molecule has 6 nitrogen and oxygen atoms in total. The smallest absolute Gasteiger partial charge is 0.335 e. The number of ether oxygens (including phenoxy) is 1. The lowest BCUT2D eigenvalue weighted by atomic mass is 10.1. The van der Waals surface area contributed by atoms with Crippen LogP contribution in [0.4, 0.5) is 5.69 Å². The number of carboxylic acid groups (broad SMARTS) is 1. The first kappa shape index (κ1) is 21.8. The van der Waals surface area contributed by atoms with Gasteiger partial charge in [-0.05, 0) is 65.7 Å². The van der Waals surface area contributed by atoms with Crippen LogP contribution in [0.5, 0.6) is 5.75 Å². The van der Waals surface area contributed by atoms with Crippen molar-refractivity contribution in [2.75, 3.05) is 5.32 Å². The number of carboxylic acids is 1. The maximum absolute atomic E-state index is 12.4. The highest BCUT2D eigenvalue weighted by molar-refractivity contribution is 9.10. The lowest BCUT2D eigenvalue weighted by Gasteiger charge is -2.07. The summed E-state index contributed by atoms with van der Waals surface area (Å²) >= 11 is 3.33. The van der Waals surface area contributed by atoms with Gasteiger partial charge in [-0.2, -0.15) is 5.26 Å². The summed E-state index contributed by atoms with van der Waals surface area (Å²) in [5.74, 6) is -0.856. The second-order valence-electron chi connectivity index (χ2n) is 6.49. The van der Waals surface area contributed by atoms with Gasteiger partial charge < -0.3 is 15.2 Å². The van der Waals surface area contributed by atoms with Gasteiger partial charge in [-0.1, -0.05) is 40.2 Å². The van der Waals surface area contributed by atoms with E-state index in [0.29, 0.717) is 17.0 Å². The van der Waals surface area contributed by atoms with Gasteiger partial charge in [-0.3, -0.25) is 4.79 Å². The third-order valence-electron chi connectivity index (χ3n) is 4.26. The number of anilines is 1. The van der Waals surface area contributed by atoms with E-state index in [2.05, 4.69) is 21.2 Å². The summed E-state index contributed by atoms with van der Waals surface area (Å²) in [6, 6.07) is 22.4. The molecule has 0 spiro atoms. The number of hydrogen-bond donors (Lipinski definition) is 2. The van der Waals surface area contributed by atoms with Crippen molar-refractivity contribution in [2.24, 2.45) is 0 Å². The quantitative estimate of drug-likeness (QED) is 0.357. The summed E-state index contributed by atoms with van der Waals surface area (Å²) in [7, 11) is 0. The Hall–Kier alpha value is -3.89. The number of amides is 1. The van der Waals surface area contributed by atoms with E-state index in [1.807, 2.05) is 6.07 Å². The number of aromatic carboxylic acids is 1. The van der Waals surface area contributed by atoms with Crippen molar-refractivity contribution < 1.29 is 19.4 Å². The monoisotopic (exact) mass is 476 g/mol. The molecule has 3 aromatic rings. The Morgan fingerprint density at radius 2 is 1.65 bits per heavy atom. The lowest BCUT2D eigenvalue weighted by molar-refractivity contribution is -0.112. The molecule has 31 heavy (non-hydrogen) atoms. The van der Waals surface area contributed by atoms with E-state index in [-0.39, 0.29) is 17.7 Å². The summed E-state index contributed by atoms with van der Waals surface area (Å²) in [5, 5.41) is 21.0. The highest BCUT2D eigenvalue weighted by atomic mass is 79.9. The zero-order chi connectivity index (χ0) is 22.2. The fourth-order valence-corrected chi connectivity index (χ4v) is 2.88. The van der Waals surface area contributed by atoms with Gasteiger partial charge in [0, 0.05) is 10.2 Å². The van der Waals surface area contributed by atoms with Crippen molar-refractivity contribution in [3.8, 4) is 11.8 Å². The first-order valence-corrected chi connectivity index (χ1v) is 9.98. The molecule has 7 heteroatoms. The second-order valence-corrected chi connectivity index (χ2v) is 7.41. The Bertz CT molecular complexity index is 1150. The van der Waals surface area contributed by atoms with E-state index < -0.39 is 11.9 Å². The molecule has 1 amide bonds. The van der Waals surface area contributed by atoms with Gasteiger partial charge in [-0.15, -0.1) is 0 Å². The number of benzene rings is 3.